The van der Waals surface area contributed by atoms with Crippen LogP contribution in [0.1, 0.15) is 37.9 Å². The standard InChI is InChI=1S/C15H24O3/c1-3-4-11-17-13-18-12-10-15(16-2)14-8-6-5-7-9-14/h5-9,15H,3-4,10-13H2,1-2H3. The molecule has 0 heterocycles. The molecule has 1 aromatic carbocycles. The molecule has 1 unspecified atom stereocenters. The molecule has 0 fully saturated rings. The van der Waals surface area contributed by atoms with E-state index in [1.165, 1.54) is 5.56 Å². The molecule has 18 heavy (non-hydrogen) atoms. The second-order valence-corrected chi connectivity index (χ2v) is 4.21. The van der Waals surface area contributed by atoms with E-state index in [1.54, 1.807) is 7.11 Å². The molecule has 0 aliphatic heterocycles. The van der Waals surface area contributed by atoms with Crippen molar-refractivity contribution in [3.8, 4) is 0 Å². The van der Waals surface area contributed by atoms with Gasteiger partial charge in [0.2, 0.25) is 0 Å². The van der Waals surface area contributed by atoms with Crippen LogP contribution in [0.5, 0.6) is 0 Å². The molecular weight excluding hydrogens is 228 g/mol. The Morgan fingerprint density at radius 3 is 2.44 bits per heavy atom. The molecule has 0 saturated carbocycles. The highest BCUT2D eigenvalue weighted by Crippen LogP contribution is 2.19. The fraction of sp³-hybridized carbons (Fsp3) is 0.600. The predicted octanol–water partition coefficient (Wildman–Crippen LogP) is 3.56. The molecule has 1 atom stereocenters. The Hall–Kier alpha value is -0.900. The van der Waals surface area contributed by atoms with Crippen LogP contribution in [-0.2, 0) is 14.2 Å². The number of benzene rings is 1. The molecule has 0 saturated heterocycles. The summed E-state index contributed by atoms with van der Waals surface area (Å²) in [4.78, 5) is 0. The Morgan fingerprint density at radius 1 is 1.06 bits per heavy atom. The van der Waals surface area contributed by atoms with Crippen molar-refractivity contribution in [3.05, 3.63) is 35.9 Å². The third kappa shape index (κ3) is 6.15. The Morgan fingerprint density at radius 2 is 1.78 bits per heavy atom. The van der Waals surface area contributed by atoms with Crippen LogP contribution in [0.15, 0.2) is 30.3 Å². The van der Waals surface area contributed by atoms with Crippen molar-refractivity contribution in [3.63, 3.8) is 0 Å². The Kier molecular flexibility index (Phi) is 8.47. The van der Waals surface area contributed by atoms with Gasteiger partial charge in [0.1, 0.15) is 6.79 Å². The summed E-state index contributed by atoms with van der Waals surface area (Å²) in [7, 11) is 1.73. The van der Waals surface area contributed by atoms with Crippen molar-refractivity contribution in [1.29, 1.82) is 0 Å². The Labute approximate surface area is 110 Å². The lowest BCUT2D eigenvalue weighted by Gasteiger charge is -2.15. The van der Waals surface area contributed by atoms with Crippen molar-refractivity contribution in [2.24, 2.45) is 0 Å². The van der Waals surface area contributed by atoms with Gasteiger partial charge < -0.3 is 14.2 Å². The van der Waals surface area contributed by atoms with Gasteiger partial charge in [0.05, 0.1) is 12.7 Å². The number of unbranched alkanes of at least 4 members (excludes halogenated alkanes) is 1. The monoisotopic (exact) mass is 252 g/mol. The summed E-state index contributed by atoms with van der Waals surface area (Å²) in [5, 5.41) is 0. The van der Waals surface area contributed by atoms with Gasteiger partial charge in [-0.1, -0.05) is 43.7 Å². The number of hydrogen-bond donors (Lipinski definition) is 0. The Bertz CT molecular complexity index is 287. The highest BCUT2D eigenvalue weighted by Gasteiger charge is 2.09. The van der Waals surface area contributed by atoms with Gasteiger partial charge in [-0.2, -0.15) is 0 Å². The van der Waals surface area contributed by atoms with E-state index >= 15 is 0 Å². The molecule has 1 aromatic rings. The highest BCUT2D eigenvalue weighted by atomic mass is 16.7. The summed E-state index contributed by atoms with van der Waals surface area (Å²) in [5.74, 6) is 0. The first-order valence-electron chi connectivity index (χ1n) is 6.61. The molecule has 3 heteroatoms. The van der Waals surface area contributed by atoms with E-state index in [1.807, 2.05) is 18.2 Å². The first-order chi connectivity index (χ1) is 8.88. The third-order valence-corrected chi connectivity index (χ3v) is 2.79. The first kappa shape index (κ1) is 15.2. The minimum absolute atomic E-state index is 0.0989. The topological polar surface area (TPSA) is 27.7 Å². The van der Waals surface area contributed by atoms with E-state index in [2.05, 4.69) is 19.1 Å². The van der Waals surface area contributed by atoms with E-state index in [-0.39, 0.29) is 6.10 Å². The lowest BCUT2D eigenvalue weighted by atomic mass is 10.1. The average Bonchev–Trinajstić information content (AvgIpc) is 2.43. The van der Waals surface area contributed by atoms with Gasteiger partial charge >= 0.3 is 0 Å². The molecule has 1 rings (SSSR count). The van der Waals surface area contributed by atoms with Crippen LogP contribution in [0.3, 0.4) is 0 Å². The molecule has 0 spiro atoms. The molecular formula is C15H24O3. The van der Waals surface area contributed by atoms with Gasteiger partial charge in [0, 0.05) is 20.1 Å². The van der Waals surface area contributed by atoms with Crippen LogP contribution < -0.4 is 0 Å². The third-order valence-electron chi connectivity index (χ3n) is 2.79. The van der Waals surface area contributed by atoms with Crippen molar-refractivity contribution >= 4 is 0 Å². The van der Waals surface area contributed by atoms with Crippen molar-refractivity contribution in [2.45, 2.75) is 32.3 Å². The summed E-state index contributed by atoms with van der Waals surface area (Å²) in [6.07, 6.45) is 3.19. The predicted molar refractivity (Wildman–Crippen MR) is 72.5 cm³/mol. The molecule has 0 bridgehead atoms. The van der Waals surface area contributed by atoms with E-state index < -0.39 is 0 Å². The fourth-order valence-electron chi connectivity index (χ4n) is 1.70. The smallest absolute Gasteiger partial charge is 0.146 e. The van der Waals surface area contributed by atoms with Crippen molar-refractivity contribution in [2.75, 3.05) is 27.1 Å². The van der Waals surface area contributed by atoms with Crippen LogP contribution in [0.4, 0.5) is 0 Å². The number of ether oxygens (including phenoxy) is 3. The number of rotatable bonds is 10. The maximum Gasteiger partial charge on any atom is 0.146 e. The summed E-state index contributed by atoms with van der Waals surface area (Å²) in [6, 6.07) is 10.2. The van der Waals surface area contributed by atoms with Gasteiger partial charge in [-0.05, 0) is 12.0 Å². The summed E-state index contributed by atoms with van der Waals surface area (Å²) in [5.41, 5.74) is 1.19. The normalized spacial score (nSPS) is 12.6. The quantitative estimate of drug-likeness (QED) is 0.471. The summed E-state index contributed by atoms with van der Waals surface area (Å²) >= 11 is 0. The van der Waals surface area contributed by atoms with Crippen LogP contribution in [0, 0.1) is 0 Å². The zero-order valence-corrected chi connectivity index (χ0v) is 11.4. The van der Waals surface area contributed by atoms with Crippen molar-refractivity contribution < 1.29 is 14.2 Å². The van der Waals surface area contributed by atoms with Crippen molar-refractivity contribution in [1.82, 2.24) is 0 Å². The van der Waals surface area contributed by atoms with Gasteiger partial charge in [-0.3, -0.25) is 0 Å². The molecule has 0 N–H and O–H groups in total. The number of hydrogen-bond acceptors (Lipinski definition) is 3. The van der Waals surface area contributed by atoms with Gasteiger partial charge in [-0.15, -0.1) is 0 Å². The zero-order valence-electron chi connectivity index (χ0n) is 11.4. The fourth-order valence-corrected chi connectivity index (χ4v) is 1.70. The second-order valence-electron chi connectivity index (χ2n) is 4.21. The van der Waals surface area contributed by atoms with Gasteiger partial charge in [-0.25, -0.2) is 0 Å². The first-order valence-corrected chi connectivity index (χ1v) is 6.61. The van der Waals surface area contributed by atoms with E-state index in [9.17, 15) is 0 Å². The molecule has 3 nitrogen and oxygen atoms in total. The SMILES string of the molecule is CCCCOCOCCC(OC)c1ccccc1. The molecule has 0 aliphatic carbocycles. The maximum atomic E-state index is 5.46. The lowest BCUT2D eigenvalue weighted by Crippen LogP contribution is -2.08. The van der Waals surface area contributed by atoms with Crippen LogP contribution in [-0.4, -0.2) is 27.1 Å². The molecule has 102 valence electrons. The van der Waals surface area contributed by atoms with E-state index in [0.29, 0.717) is 13.4 Å². The molecule has 0 radical (unpaired) electrons. The average molecular weight is 252 g/mol. The molecule has 0 amide bonds. The number of methoxy groups -OCH3 is 1. The van der Waals surface area contributed by atoms with E-state index in [0.717, 1.165) is 25.9 Å². The van der Waals surface area contributed by atoms with Crippen LogP contribution in [0.2, 0.25) is 0 Å². The minimum atomic E-state index is 0.0989. The highest BCUT2D eigenvalue weighted by molar-refractivity contribution is 5.17. The van der Waals surface area contributed by atoms with E-state index in [4.69, 9.17) is 14.2 Å². The lowest BCUT2D eigenvalue weighted by molar-refractivity contribution is -0.0640. The van der Waals surface area contributed by atoms with Crippen LogP contribution in [0.25, 0.3) is 0 Å². The summed E-state index contributed by atoms with van der Waals surface area (Å²) < 4.78 is 16.2. The molecule has 0 aliphatic rings. The Balaban J connectivity index is 2.13. The second kappa shape index (κ2) is 10.1. The largest absolute Gasteiger partial charge is 0.377 e. The minimum Gasteiger partial charge on any atom is -0.377 e. The van der Waals surface area contributed by atoms with Crippen LogP contribution >= 0.6 is 0 Å². The molecule has 0 aromatic heterocycles. The summed E-state index contributed by atoms with van der Waals surface area (Å²) in [6.45, 7) is 3.96. The zero-order chi connectivity index (χ0) is 13.1. The van der Waals surface area contributed by atoms with Gasteiger partial charge in [0.15, 0.2) is 0 Å². The van der Waals surface area contributed by atoms with Gasteiger partial charge in [0.25, 0.3) is 0 Å². The maximum absolute atomic E-state index is 5.46.